The molecule has 1 N–H and O–H groups in total. The van der Waals surface area contributed by atoms with E-state index in [1.165, 1.54) is 0 Å². The number of aliphatic hydroxyl groups excluding tert-OH is 1. The molecule has 1 unspecified atom stereocenters. The van der Waals surface area contributed by atoms with E-state index < -0.39 is 6.10 Å². The van der Waals surface area contributed by atoms with Crippen LogP contribution in [0.3, 0.4) is 0 Å². The molecule has 1 aromatic heterocycles. The van der Waals surface area contributed by atoms with E-state index in [1.807, 2.05) is 19.1 Å². The number of hydrogen-bond donors (Lipinski definition) is 1. The molecule has 0 radical (unpaired) electrons. The van der Waals surface area contributed by atoms with Crippen LogP contribution in [0.25, 0.3) is 0 Å². The highest BCUT2D eigenvalue weighted by molar-refractivity contribution is 5.29. The smallest absolute Gasteiger partial charge is 0.136 e. The summed E-state index contributed by atoms with van der Waals surface area (Å²) in [7, 11) is 0. The van der Waals surface area contributed by atoms with Gasteiger partial charge in [-0.2, -0.15) is 0 Å². The van der Waals surface area contributed by atoms with E-state index in [0.717, 1.165) is 24.0 Å². The van der Waals surface area contributed by atoms with Crippen molar-refractivity contribution in [2.75, 3.05) is 6.61 Å². The fourth-order valence-electron chi connectivity index (χ4n) is 1.71. The minimum absolute atomic E-state index is 0.645. The van der Waals surface area contributed by atoms with Crippen molar-refractivity contribution in [1.29, 1.82) is 0 Å². The van der Waals surface area contributed by atoms with E-state index in [0.29, 0.717) is 12.4 Å². The molecule has 0 aliphatic carbocycles. The molecule has 80 valence electrons. The van der Waals surface area contributed by atoms with Gasteiger partial charge in [-0.25, -0.2) is 0 Å². The van der Waals surface area contributed by atoms with Crippen LogP contribution in [0.4, 0.5) is 0 Å². The minimum atomic E-state index is -0.645. The maximum absolute atomic E-state index is 10.1. The maximum Gasteiger partial charge on any atom is 0.136 e. The van der Waals surface area contributed by atoms with Crippen molar-refractivity contribution in [3.05, 3.63) is 41.4 Å². The Morgan fingerprint density at radius 3 is 3.07 bits per heavy atom. The second-order valence-electron chi connectivity index (χ2n) is 3.73. The number of ether oxygens (including phenoxy) is 1. The standard InChI is InChI=1S/C12H15NO2/c1-9-8-13-6-5-10(9)12(14)11-4-2-3-7-15-11/h4-6,8,12,14H,2-3,7H2,1H3. The molecule has 0 spiro atoms. The van der Waals surface area contributed by atoms with Crippen LogP contribution in [-0.4, -0.2) is 16.7 Å². The fourth-order valence-corrected chi connectivity index (χ4v) is 1.71. The monoisotopic (exact) mass is 205 g/mol. The normalized spacial score (nSPS) is 17.9. The van der Waals surface area contributed by atoms with Gasteiger partial charge in [0.25, 0.3) is 0 Å². The van der Waals surface area contributed by atoms with E-state index in [-0.39, 0.29) is 0 Å². The third-order valence-corrected chi connectivity index (χ3v) is 2.59. The Kier molecular flexibility index (Phi) is 3.02. The van der Waals surface area contributed by atoms with Gasteiger partial charge in [-0.3, -0.25) is 4.98 Å². The highest BCUT2D eigenvalue weighted by Crippen LogP contribution is 2.27. The first kappa shape index (κ1) is 10.2. The molecule has 1 aliphatic rings. The molecule has 1 atom stereocenters. The first-order chi connectivity index (χ1) is 7.29. The average molecular weight is 205 g/mol. The summed E-state index contributed by atoms with van der Waals surface area (Å²) in [5.41, 5.74) is 1.86. The van der Waals surface area contributed by atoms with Crippen molar-refractivity contribution in [2.24, 2.45) is 0 Å². The Morgan fingerprint density at radius 1 is 1.53 bits per heavy atom. The summed E-state index contributed by atoms with van der Waals surface area (Å²) in [6.07, 6.45) is 6.78. The van der Waals surface area contributed by atoms with Crippen LogP contribution in [0.1, 0.15) is 30.1 Å². The molecule has 0 fully saturated rings. The topological polar surface area (TPSA) is 42.4 Å². The molecule has 2 rings (SSSR count). The van der Waals surface area contributed by atoms with Gasteiger partial charge in [-0.05, 0) is 43.0 Å². The summed E-state index contributed by atoms with van der Waals surface area (Å²) in [5.74, 6) is 0.676. The number of nitrogens with zero attached hydrogens (tertiary/aromatic N) is 1. The van der Waals surface area contributed by atoms with Gasteiger partial charge < -0.3 is 9.84 Å². The molecule has 15 heavy (non-hydrogen) atoms. The number of rotatable bonds is 2. The summed E-state index contributed by atoms with van der Waals surface area (Å²) in [5, 5.41) is 10.1. The molecule has 1 aromatic rings. The SMILES string of the molecule is Cc1cnccc1C(O)C1=CCCCO1. The third-order valence-electron chi connectivity index (χ3n) is 2.59. The van der Waals surface area contributed by atoms with Crippen molar-refractivity contribution in [3.8, 4) is 0 Å². The van der Waals surface area contributed by atoms with Gasteiger partial charge >= 0.3 is 0 Å². The fraction of sp³-hybridized carbons (Fsp3) is 0.417. The Morgan fingerprint density at radius 2 is 2.40 bits per heavy atom. The van der Waals surface area contributed by atoms with Crippen molar-refractivity contribution < 1.29 is 9.84 Å². The number of aliphatic hydroxyl groups is 1. The van der Waals surface area contributed by atoms with Crippen LogP contribution in [0.15, 0.2) is 30.3 Å². The zero-order valence-corrected chi connectivity index (χ0v) is 8.81. The highest BCUT2D eigenvalue weighted by Gasteiger charge is 2.18. The Labute approximate surface area is 89.4 Å². The Hall–Kier alpha value is -1.35. The minimum Gasteiger partial charge on any atom is -0.495 e. The van der Waals surface area contributed by atoms with Gasteiger partial charge in [0.15, 0.2) is 0 Å². The van der Waals surface area contributed by atoms with Gasteiger partial charge in [0.2, 0.25) is 0 Å². The molecule has 0 saturated heterocycles. The van der Waals surface area contributed by atoms with E-state index in [9.17, 15) is 5.11 Å². The lowest BCUT2D eigenvalue weighted by Crippen LogP contribution is -2.10. The molecular weight excluding hydrogens is 190 g/mol. The average Bonchev–Trinajstić information content (AvgIpc) is 2.30. The first-order valence-corrected chi connectivity index (χ1v) is 5.20. The molecule has 0 bridgehead atoms. The predicted octanol–water partition coefficient (Wildman–Crippen LogP) is 2.12. The summed E-state index contributed by atoms with van der Waals surface area (Å²) in [6.45, 7) is 2.64. The molecule has 3 heteroatoms. The molecule has 0 aromatic carbocycles. The molecular formula is C12H15NO2. The second kappa shape index (κ2) is 4.45. The van der Waals surface area contributed by atoms with Crippen molar-refractivity contribution >= 4 is 0 Å². The van der Waals surface area contributed by atoms with Crippen LogP contribution in [0.5, 0.6) is 0 Å². The summed E-state index contributed by atoms with van der Waals surface area (Å²) >= 11 is 0. The van der Waals surface area contributed by atoms with Crippen LogP contribution in [0, 0.1) is 6.92 Å². The molecule has 3 nitrogen and oxygen atoms in total. The number of hydrogen-bond acceptors (Lipinski definition) is 3. The summed E-state index contributed by atoms with van der Waals surface area (Å²) < 4.78 is 5.44. The lowest BCUT2D eigenvalue weighted by atomic mass is 10.0. The van der Waals surface area contributed by atoms with Crippen molar-refractivity contribution in [3.63, 3.8) is 0 Å². The van der Waals surface area contributed by atoms with Crippen LogP contribution in [-0.2, 0) is 4.74 Å². The first-order valence-electron chi connectivity index (χ1n) is 5.20. The molecule has 2 heterocycles. The number of pyridine rings is 1. The van der Waals surface area contributed by atoms with Crippen molar-refractivity contribution in [2.45, 2.75) is 25.9 Å². The van der Waals surface area contributed by atoms with Crippen molar-refractivity contribution in [1.82, 2.24) is 4.98 Å². The zero-order valence-electron chi connectivity index (χ0n) is 8.81. The maximum atomic E-state index is 10.1. The van der Waals surface area contributed by atoms with Gasteiger partial charge in [-0.1, -0.05) is 0 Å². The van der Waals surface area contributed by atoms with Gasteiger partial charge in [0.1, 0.15) is 11.9 Å². The summed E-state index contributed by atoms with van der Waals surface area (Å²) in [6, 6.07) is 1.83. The third kappa shape index (κ3) is 2.18. The largest absolute Gasteiger partial charge is 0.495 e. The van der Waals surface area contributed by atoms with Gasteiger partial charge in [0.05, 0.1) is 6.61 Å². The van der Waals surface area contributed by atoms with E-state index in [2.05, 4.69) is 4.98 Å². The quantitative estimate of drug-likeness (QED) is 0.804. The lowest BCUT2D eigenvalue weighted by Gasteiger charge is -2.20. The second-order valence-corrected chi connectivity index (χ2v) is 3.73. The number of aromatic nitrogens is 1. The van der Waals surface area contributed by atoms with E-state index in [4.69, 9.17) is 4.74 Å². The Balaban J connectivity index is 2.23. The Bertz CT molecular complexity index is 374. The van der Waals surface area contributed by atoms with E-state index in [1.54, 1.807) is 12.4 Å². The lowest BCUT2D eigenvalue weighted by molar-refractivity contribution is 0.0914. The van der Waals surface area contributed by atoms with Gasteiger partial charge in [-0.15, -0.1) is 0 Å². The number of allylic oxidation sites excluding steroid dienone is 1. The molecule has 0 amide bonds. The predicted molar refractivity (Wildman–Crippen MR) is 57.2 cm³/mol. The number of aryl methyl sites for hydroxylation is 1. The van der Waals surface area contributed by atoms with E-state index >= 15 is 0 Å². The highest BCUT2D eigenvalue weighted by atomic mass is 16.5. The van der Waals surface area contributed by atoms with Crippen LogP contribution >= 0.6 is 0 Å². The van der Waals surface area contributed by atoms with Crippen LogP contribution in [0.2, 0.25) is 0 Å². The molecule has 1 aliphatic heterocycles. The van der Waals surface area contributed by atoms with Gasteiger partial charge in [0, 0.05) is 12.4 Å². The zero-order chi connectivity index (χ0) is 10.7. The molecule has 0 saturated carbocycles. The van der Waals surface area contributed by atoms with Crippen LogP contribution < -0.4 is 0 Å². The summed E-state index contributed by atoms with van der Waals surface area (Å²) in [4.78, 5) is 4.00.